The van der Waals surface area contributed by atoms with Crippen molar-refractivity contribution >= 4 is 5.91 Å². The van der Waals surface area contributed by atoms with Crippen LogP contribution in [0.25, 0.3) is 0 Å². The fourth-order valence-corrected chi connectivity index (χ4v) is 0.542. The minimum atomic E-state index is 0.0928. The number of nitrogens with zero attached hydrogens (tertiary/aromatic N) is 2. The van der Waals surface area contributed by atoms with Crippen molar-refractivity contribution in [1.82, 2.24) is 4.90 Å². The van der Waals surface area contributed by atoms with Gasteiger partial charge in [0, 0.05) is 26.9 Å². The number of carbonyl (C=O) groups is 1. The molecule has 3 nitrogen and oxygen atoms in total. The van der Waals surface area contributed by atoms with Gasteiger partial charge in [0.05, 0.1) is 6.07 Å². The Morgan fingerprint density at radius 2 is 2.20 bits per heavy atom. The van der Waals surface area contributed by atoms with E-state index in [0.29, 0.717) is 19.3 Å². The van der Waals surface area contributed by atoms with Crippen LogP contribution in [0.3, 0.4) is 0 Å². The van der Waals surface area contributed by atoms with Crippen molar-refractivity contribution in [2.24, 2.45) is 0 Å². The Bertz CT molecular complexity index is 146. The van der Waals surface area contributed by atoms with Crippen molar-refractivity contribution in [2.45, 2.75) is 19.3 Å². The first-order valence-corrected chi connectivity index (χ1v) is 3.25. The molecule has 0 saturated heterocycles. The number of nitriles is 1. The van der Waals surface area contributed by atoms with Gasteiger partial charge in [-0.2, -0.15) is 5.26 Å². The third-order valence-electron chi connectivity index (χ3n) is 1.18. The second-order valence-corrected chi connectivity index (χ2v) is 2.30. The predicted octanol–water partition coefficient (Wildman–Crippen LogP) is 0.768. The molecule has 56 valence electrons. The zero-order chi connectivity index (χ0) is 7.98. The first kappa shape index (κ1) is 8.96. The lowest BCUT2D eigenvalue weighted by molar-refractivity contribution is -0.128. The third-order valence-corrected chi connectivity index (χ3v) is 1.18. The van der Waals surface area contributed by atoms with Crippen LogP contribution in [0, 0.1) is 11.3 Å². The molecule has 0 atom stereocenters. The molecule has 10 heavy (non-hydrogen) atoms. The van der Waals surface area contributed by atoms with Crippen molar-refractivity contribution < 1.29 is 4.79 Å². The van der Waals surface area contributed by atoms with Crippen LogP contribution in [0.2, 0.25) is 0 Å². The van der Waals surface area contributed by atoms with Crippen LogP contribution in [0.1, 0.15) is 19.3 Å². The minimum Gasteiger partial charge on any atom is -0.349 e. The van der Waals surface area contributed by atoms with Crippen LogP contribution in [0.5, 0.6) is 0 Å². The molecule has 0 bridgehead atoms. The topological polar surface area (TPSA) is 44.1 Å². The normalized spacial score (nSPS) is 8.50. The van der Waals surface area contributed by atoms with E-state index in [2.05, 4.69) is 0 Å². The van der Waals surface area contributed by atoms with Crippen molar-refractivity contribution in [1.29, 1.82) is 5.26 Å². The lowest BCUT2D eigenvalue weighted by Crippen LogP contribution is -2.20. The molecule has 1 amide bonds. The molecule has 0 aromatic rings. The van der Waals surface area contributed by atoms with Gasteiger partial charge in [-0.05, 0) is 6.42 Å². The van der Waals surface area contributed by atoms with Gasteiger partial charge in [-0.1, -0.05) is 0 Å². The Kier molecular flexibility index (Phi) is 4.30. The number of unbranched alkanes of at least 4 members (excludes halogenated alkanes) is 1. The molecule has 0 aromatic heterocycles. The highest BCUT2D eigenvalue weighted by molar-refractivity contribution is 5.75. The number of hydrogen-bond acceptors (Lipinski definition) is 2. The molecule has 0 rings (SSSR count). The molecule has 0 fully saturated rings. The maximum Gasteiger partial charge on any atom is 0.222 e. The molecular formula is C7H12N2O. The molecule has 0 aromatic carbocycles. The van der Waals surface area contributed by atoms with Gasteiger partial charge in [0.1, 0.15) is 0 Å². The molecule has 0 aliphatic rings. The molecule has 0 aliphatic heterocycles. The second-order valence-electron chi connectivity index (χ2n) is 2.30. The van der Waals surface area contributed by atoms with Crippen LogP contribution in [0.15, 0.2) is 0 Å². The summed E-state index contributed by atoms with van der Waals surface area (Å²) in [5.74, 6) is 0.0928. The van der Waals surface area contributed by atoms with Crippen molar-refractivity contribution in [2.75, 3.05) is 14.1 Å². The van der Waals surface area contributed by atoms with E-state index in [1.54, 1.807) is 14.1 Å². The van der Waals surface area contributed by atoms with Gasteiger partial charge in [0.15, 0.2) is 0 Å². The summed E-state index contributed by atoms with van der Waals surface area (Å²) in [6.07, 6.45) is 1.63. The molecule has 0 unspecified atom stereocenters. The Hall–Kier alpha value is -1.04. The van der Waals surface area contributed by atoms with Crippen molar-refractivity contribution in [3.8, 4) is 6.07 Å². The zero-order valence-electron chi connectivity index (χ0n) is 6.42. The van der Waals surface area contributed by atoms with Gasteiger partial charge >= 0.3 is 0 Å². The van der Waals surface area contributed by atoms with E-state index in [0.717, 1.165) is 0 Å². The zero-order valence-corrected chi connectivity index (χ0v) is 6.42. The molecule has 0 saturated carbocycles. The highest BCUT2D eigenvalue weighted by Gasteiger charge is 2.01. The molecule has 0 heterocycles. The van der Waals surface area contributed by atoms with Crippen LogP contribution in [0.4, 0.5) is 0 Å². The fourth-order valence-electron chi connectivity index (χ4n) is 0.542. The average molecular weight is 140 g/mol. The van der Waals surface area contributed by atoms with Crippen LogP contribution < -0.4 is 0 Å². The molecule has 0 spiro atoms. The number of hydrogen-bond donors (Lipinski definition) is 0. The summed E-state index contributed by atoms with van der Waals surface area (Å²) in [6.45, 7) is 0. The van der Waals surface area contributed by atoms with Gasteiger partial charge in [-0.25, -0.2) is 0 Å². The summed E-state index contributed by atoms with van der Waals surface area (Å²) >= 11 is 0. The van der Waals surface area contributed by atoms with E-state index >= 15 is 0 Å². The Balaban J connectivity index is 3.33. The molecule has 3 heteroatoms. The van der Waals surface area contributed by atoms with E-state index in [1.165, 1.54) is 4.90 Å². The highest BCUT2D eigenvalue weighted by Crippen LogP contribution is 1.95. The number of amides is 1. The maximum absolute atomic E-state index is 10.8. The number of carbonyl (C=O) groups excluding carboxylic acids is 1. The van der Waals surface area contributed by atoms with E-state index in [1.807, 2.05) is 6.07 Å². The predicted molar refractivity (Wildman–Crippen MR) is 38.2 cm³/mol. The Morgan fingerprint density at radius 3 is 2.60 bits per heavy atom. The lowest BCUT2D eigenvalue weighted by atomic mass is 10.2. The van der Waals surface area contributed by atoms with Gasteiger partial charge in [0.25, 0.3) is 0 Å². The summed E-state index contributed by atoms with van der Waals surface area (Å²) in [4.78, 5) is 12.4. The first-order chi connectivity index (χ1) is 4.68. The van der Waals surface area contributed by atoms with E-state index in [9.17, 15) is 4.79 Å². The van der Waals surface area contributed by atoms with Gasteiger partial charge in [-0.15, -0.1) is 0 Å². The van der Waals surface area contributed by atoms with E-state index in [4.69, 9.17) is 5.26 Å². The molecule has 0 radical (unpaired) electrons. The van der Waals surface area contributed by atoms with Gasteiger partial charge in [-0.3, -0.25) is 4.79 Å². The van der Waals surface area contributed by atoms with Crippen LogP contribution in [-0.2, 0) is 4.79 Å². The Morgan fingerprint density at radius 1 is 1.60 bits per heavy atom. The summed E-state index contributed by atoms with van der Waals surface area (Å²) < 4.78 is 0. The van der Waals surface area contributed by atoms with E-state index in [-0.39, 0.29) is 5.91 Å². The standard InChI is InChI=1S/C7H12N2O/c1-9(2)7(10)5-3-4-6-8/h3-5H2,1-2H3. The second kappa shape index (κ2) is 4.80. The maximum atomic E-state index is 10.8. The average Bonchev–Trinajstić information content (AvgIpc) is 1.88. The monoisotopic (exact) mass is 140 g/mol. The van der Waals surface area contributed by atoms with Crippen molar-refractivity contribution in [3.05, 3.63) is 0 Å². The summed E-state index contributed by atoms with van der Waals surface area (Å²) in [6, 6.07) is 1.99. The summed E-state index contributed by atoms with van der Waals surface area (Å²) in [5, 5.41) is 8.14. The van der Waals surface area contributed by atoms with Crippen molar-refractivity contribution in [3.63, 3.8) is 0 Å². The van der Waals surface area contributed by atoms with Gasteiger partial charge < -0.3 is 4.90 Å². The first-order valence-electron chi connectivity index (χ1n) is 3.25. The lowest BCUT2D eigenvalue weighted by Gasteiger charge is -2.07. The highest BCUT2D eigenvalue weighted by atomic mass is 16.2. The van der Waals surface area contributed by atoms with Crippen LogP contribution in [-0.4, -0.2) is 24.9 Å². The fraction of sp³-hybridized carbons (Fsp3) is 0.714. The largest absolute Gasteiger partial charge is 0.349 e. The summed E-state index contributed by atoms with van der Waals surface area (Å²) in [7, 11) is 3.43. The van der Waals surface area contributed by atoms with E-state index < -0.39 is 0 Å². The third kappa shape index (κ3) is 3.90. The van der Waals surface area contributed by atoms with Crippen LogP contribution >= 0.6 is 0 Å². The number of rotatable bonds is 3. The minimum absolute atomic E-state index is 0.0928. The SMILES string of the molecule is CN(C)C(=O)CCCC#N. The van der Waals surface area contributed by atoms with Gasteiger partial charge in [0.2, 0.25) is 5.91 Å². The smallest absolute Gasteiger partial charge is 0.222 e. The Labute approximate surface area is 61.2 Å². The molecule has 0 aliphatic carbocycles. The summed E-state index contributed by atoms with van der Waals surface area (Å²) in [5.41, 5.74) is 0. The molecule has 0 N–H and O–H groups in total. The quantitative estimate of drug-likeness (QED) is 0.543. The molecular weight excluding hydrogens is 128 g/mol.